The van der Waals surface area contributed by atoms with Crippen LogP contribution in [0.15, 0.2) is 42.6 Å². The highest BCUT2D eigenvalue weighted by Gasteiger charge is 1.99. The van der Waals surface area contributed by atoms with Crippen LogP contribution in [0.2, 0.25) is 10.0 Å². The zero-order chi connectivity index (χ0) is 12.1. The maximum atomic E-state index is 5.94. The normalized spacial score (nSPS) is 10.5. The largest absolute Gasteiger partial charge is 0.307 e. The lowest BCUT2D eigenvalue weighted by Crippen LogP contribution is -2.13. The Balaban J connectivity index is 1.88. The van der Waals surface area contributed by atoms with Gasteiger partial charge >= 0.3 is 0 Å². The van der Waals surface area contributed by atoms with E-state index in [-0.39, 0.29) is 0 Å². The summed E-state index contributed by atoms with van der Waals surface area (Å²) in [6.07, 6.45) is 1.79. The van der Waals surface area contributed by atoms with E-state index in [9.17, 15) is 0 Å². The van der Waals surface area contributed by atoms with Gasteiger partial charge in [-0.1, -0.05) is 35.3 Å². The summed E-state index contributed by atoms with van der Waals surface area (Å²) >= 11 is 11.8. The molecule has 4 heteroatoms. The zero-order valence-electron chi connectivity index (χ0n) is 9.16. The third-order valence-electron chi connectivity index (χ3n) is 2.35. The first-order valence-corrected chi connectivity index (χ1v) is 6.06. The summed E-state index contributed by atoms with van der Waals surface area (Å²) in [5.74, 6) is 0. The predicted molar refractivity (Wildman–Crippen MR) is 71.2 cm³/mol. The number of benzene rings is 1. The third-order valence-corrected chi connectivity index (χ3v) is 3.08. The van der Waals surface area contributed by atoms with Gasteiger partial charge in [0, 0.05) is 19.3 Å². The van der Waals surface area contributed by atoms with Crippen molar-refractivity contribution < 1.29 is 0 Å². The third kappa shape index (κ3) is 3.70. The topological polar surface area (TPSA) is 24.9 Å². The van der Waals surface area contributed by atoms with Crippen molar-refractivity contribution in [3.05, 3.63) is 63.9 Å². The van der Waals surface area contributed by atoms with Gasteiger partial charge in [0.1, 0.15) is 0 Å². The monoisotopic (exact) mass is 266 g/mol. The van der Waals surface area contributed by atoms with E-state index in [0.29, 0.717) is 10.0 Å². The molecule has 2 nitrogen and oxygen atoms in total. The highest BCUT2D eigenvalue weighted by atomic mass is 35.5. The van der Waals surface area contributed by atoms with Crippen LogP contribution in [0, 0.1) is 0 Å². The van der Waals surface area contributed by atoms with Gasteiger partial charge in [0.25, 0.3) is 0 Å². The van der Waals surface area contributed by atoms with E-state index < -0.39 is 0 Å². The van der Waals surface area contributed by atoms with Gasteiger partial charge in [0.2, 0.25) is 0 Å². The molecule has 0 radical (unpaired) electrons. The predicted octanol–water partition coefficient (Wildman–Crippen LogP) is 3.68. The lowest BCUT2D eigenvalue weighted by atomic mass is 10.2. The quantitative estimate of drug-likeness (QED) is 0.914. The van der Waals surface area contributed by atoms with Gasteiger partial charge in [-0.15, -0.1) is 0 Å². The summed E-state index contributed by atoms with van der Waals surface area (Å²) in [7, 11) is 0. The molecule has 0 aliphatic rings. The molecule has 0 spiro atoms. The van der Waals surface area contributed by atoms with Gasteiger partial charge in [-0.3, -0.25) is 4.98 Å². The maximum absolute atomic E-state index is 5.94. The molecular formula is C13H12Cl2N2. The van der Waals surface area contributed by atoms with Crippen molar-refractivity contribution in [2.45, 2.75) is 13.1 Å². The summed E-state index contributed by atoms with van der Waals surface area (Å²) < 4.78 is 0. The van der Waals surface area contributed by atoms with E-state index in [2.05, 4.69) is 10.3 Å². The van der Waals surface area contributed by atoms with Gasteiger partial charge < -0.3 is 5.32 Å². The number of pyridine rings is 1. The Kier molecular flexibility index (Phi) is 4.37. The van der Waals surface area contributed by atoms with Gasteiger partial charge in [0.15, 0.2) is 0 Å². The Bertz CT molecular complexity index is 486. The van der Waals surface area contributed by atoms with Crippen LogP contribution in [0.4, 0.5) is 0 Å². The first-order chi connectivity index (χ1) is 8.25. The summed E-state index contributed by atoms with van der Waals surface area (Å²) in [6.45, 7) is 1.48. The molecule has 0 bridgehead atoms. The van der Waals surface area contributed by atoms with E-state index >= 15 is 0 Å². The van der Waals surface area contributed by atoms with Crippen LogP contribution in [-0.4, -0.2) is 4.98 Å². The van der Waals surface area contributed by atoms with Crippen LogP contribution in [0.25, 0.3) is 0 Å². The summed E-state index contributed by atoms with van der Waals surface area (Å²) in [4.78, 5) is 4.23. The molecule has 1 N–H and O–H groups in total. The number of hydrogen-bond acceptors (Lipinski definition) is 2. The second kappa shape index (κ2) is 6.01. The SMILES string of the molecule is Clc1ccc(CNCc2ccccn2)cc1Cl. The van der Waals surface area contributed by atoms with Gasteiger partial charge in [-0.2, -0.15) is 0 Å². The smallest absolute Gasteiger partial charge is 0.0595 e. The number of rotatable bonds is 4. The summed E-state index contributed by atoms with van der Waals surface area (Å²) in [5.41, 5.74) is 2.13. The van der Waals surface area contributed by atoms with Crippen LogP contribution in [0.3, 0.4) is 0 Å². The van der Waals surface area contributed by atoms with Gasteiger partial charge in [0.05, 0.1) is 15.7 Å². The standard InChI is InChI=1S/C13H12Cl2N2/c14-12-5-4-10(7-13(12)15)8-16-9-11-3-1-2-6-17-11/h1-7,16H,8-9H2. The minimum absolute atomic E-state index is 0.583. The molecule has 2 rings (SSSR count). The lowest BCUT2D eigenvalue weighted by molar-refractivity contribution is 0.680. The van der Waals surface area contributed by atoms with Crippen LogP contribution in [-0.2, 0) is 13.1 Å². The number of aromatic nitrogens is 1. The average Bonchev–Trinajstić information content (AvgIpc) is 2.35. The molecule has 1 aromatic carbocycles. The van der Waals surface area contributed by atoms with Crippen molar-refractivity contribution in [1.29, 1.82) is 0 Å². The molecule has 17 heavy (non-hydrogen) atoms. The molecule has 1 heterocycles. The number of halogens is 2. The average molecular weight is 267 g/mol. The zero-order valence-corrected chi connectivity index (χ0v) is 10.7. The van der Waals surface area contributed by atoms with Crippen LogP contribution in [0.1, 0.15) is 11.3 Å². The van der Waals surface area contributed by atoms with Crippen molar-refractivity contribution >= 4 is 23.2 Å². The summed E-state index contributed by atoms with van der Waals surface area (Å²) in [5, 5.41) is 4.47. The van der Waals surface area contributed by atoms with Crippen LogP contribution in [0.5, 0.6) is 0 Å². The van der Waals surface area contributed by atoms with E-state index in [1.807, 2.05) is 36.4 Å². The second-order valence-electron chi connectivity index (χ2n) is 3.67. The fraction of sp³-hybridized carbons (Fsp3) is 0.154. The minimum atomic E-state index is 0.583. The van der Waals surface area contributed by atoms with Crippen molar-refractivity contribution in [2.24, 2.45) is 0 Å². The molecule has 0 aliphatic carbocycles. The molecule has 0 saturated heterocycles. The van der Waals surface area contributed by atoms with Crippen molar-refractivity contribution in [2.75, 3.05) is 0 Å². The fourth-order valence-corrected chi connectivity index (χ4v) is 1.81. The Morgan fingerprint density at radius 3 is 2.59 bits per heavy atom. The Morgan fingerprint density at radius 1 is 1.00 bits per heavy atom. The lowest BCUT2D eigenvalue weighted by Gasteiger charge is -2.05. The Hall–Kier alpha value is -1.09. The molecule has 0 amide bonds. The highest BCUT2D eigenvalue weighted by Crippen LogP contribution is 2.22. The van der Waals surface area contributed by atoms with Gasteiger partial charge in [-0.05, 0) is 29.8 Å². The summed E-state index contributed by atoms with van der Waals surface area (Å²) in [6, 6.07) is 11.5. The molecule has 1 aromatic heterocycles. The molecule has 0 saturated carbocycles. The molecular weight excluding hydrogens is 255 g/mol. The van der Waals surface area contributed by atoms with E-state index in [4.69, 9.17) is 23.2 Å². The van der Waals surface area contributed by atoms with E-state index in [1.54, 1.807) is 6.20 Å². The van der Waals surface area contributed by atoms with Crippen molar-refractivity contribution in [3.8, 4) is 0 Å². The highest BCUT2D eigenvalue weighted by molar-refractivity contribution is 6.42. The molecule has 88 valence electrons. The molecule has 0 aliphatic heterocycles. The van der Waals surface area contributed by atoms with Crippen molar-refractivity contribution in [1.82, 2.24) is 10.3 Å². The van der Waals surface area contributed by atoms with E-state index in [0.717, 1.165) is 24.3 Å². The minimum Gasteiger partial charge on any atom is -0.307 e. The Morgan fingerprint density at radius 2 is 1.88 bits per heavy atom. The van der Waals surface area contributed by atoms with E-state index in [1.165, 1.54) is 0 Å². The molecule has 0 atom stereocenters. The Labute approximate surface area is 111 Å². The first kappa shape index (κ1) is 12.4. The van der Waals surface area contributed by atoms with Crippen molar-refractivity contribution in [3.63, 3.8) is 0 Å². The van der Waals surface area contributed by atoms with Gasteiger partial charge in [-0.25, -0.2) is 0 Å². The number of hydrogen-bond donors (Lipinski definition) is 1. The molecule has 0 unspecified atom stereocenters. The first-order valence-electron chi connectivity index (χ1n) is 5.30. The maximum Gasteiger partial charge on any atom is 0.0595 e. The fourth-order valence-electron chi connectivity index (χ4n) is 1.49. The number of nitrogens with zero attached hydrogens (tertiary/aromatic N) is 1. The van der Waals surface area contributed by atoms with Crippen LogP contribution < -0.4 is 5.32 Å². The molecule has 2 aromatic rings. The number of nitrogens with one attached hydrogen (secondary N) is 1. The van der Waals surface area contributed by atoms with Crippen LogP contribution >= 0.6 is 23.2 Å². The second-order valence-corrected chi connectivity index (χ2v) is 4.49. The molecule has 0 fully saturated rings.